The summed E-state index contributed by atoms with van der Waals surface area (Å²) in [7, 11) is 0. The standard InChI is InChI=1S/C16H12N4O3S/c1-10-5-6-13(22-10)15-18-11(9-24-15)8-20-14(19-23-16(20)21)12-4-2-3-7-17-12/h2-7,9H,8H2,1H3. The summed E-state index contributed by atoms with van der Waals surface area (Å²) in [5, 5.41) is 6.47. The quantitative estimate of drug-likeness (QED) is 0.567. The van der Waals surface area contributed by atoms with Crippen LogP contribution in [0.25, 0.3) is 22.3 Å². The molecule has 24 heavy (non-hydrogen) atoms. The number of aromatic nitrogens is 4. The molecule has 4 rings (SSSR count). The molecule has 0 aliphatic heterocycles. The molecule has 4 heterocycles. The van der Waals surface area contributed by atoms with Crippen molar-refractivity contribution in [2.45, 2.75) is 13.5 Å². The van der Waals surface area contributed by atoms with Crippen molar-refractivity contribution in [1.82, 2.24) is 19.7 Å². The number of furan rings is 1. The third kappa shape index (κ3) is 2.67. The molecule has 0 N–H and O–H groups in total. The maximum Gasteiger partial charge on any atom is 0.442 e. The van der Waals surface area contributed by atoms with Gasteiger partial charge in [0.15, 0.2) is 10.8 Å². The predicted octanol–water partition coefficient (Wildman–Crippen LogP) is 2.97. The van der Waals surface area contributed by atoms with Gasteiger partial charge in [-0.2, -0.15) is 0 Å². The van der Waals surface area contributed by atoms with Crippen molar-refractivity contribution >= 4 is 11.3 Å². The van der Waals surface area contributed by atoms with Crippen LogP contribution < -0.4 is 5.76 Å². The van der Waals surface area contributed by atoms with E-state index in [0.29, 0.717) is 17.3 Å². The van der Waals surface area contributed by atoms with Gasteiger partial charge in [-0.3, -0.25) is 9.51 Å². The molecule has 0 aliphatic rings. The fraction of sp³-hybridized carbons (Fsp3) is 0.125. The molecule has 0 aromatic carbocycles. The van der Waals surface area contributed by atoms with Crippen molar-refractivity contribution in [1.29, 1.82) is 0 Å². The molecule has 0 unspecified atom stereocenters. The number of hydrogen-bond acceptors (Lipinski definition) is 7. The van der Waals surface area contributed by atoms with E-state index < -0.39 is 5.76 Å². The molecule has 0 bridgehead atoms. The molecule has 0 spiro atoms. The molecular weight excluding hydrogens is 328 g/mol. The van der Waals surface area contributed by atoms with Crippen molar-refractivity contribution in [2.75, 3.05) is 0 Å². The van der Waals surface area contributed by atoms with Gasteiger partial charge in [0.2, 0.25) is 5.82 Å². The van der Waals surface area contributed by atoms with Gasteiger partial charge in [0.1, 0.15) is 11.5 Å². The lowest BCUT2D eigenvalue weighted by molar-refractivity contribution is 0.378. The molecule has 0 fully saturated rings. The highest BCUT2D eigenvalue weighted by Crippen LogP contribution is 2.26. The normalized spacial score (nSPS) is 11.0. The SMILES string of the molecule is Cc1ccc(-c2nc(Cn3c(-c4ccccn4)noc3=O)cs2)o1. The summed E-state index contributed by atoms with van der Waals surface area (Å²) in [6, 6.07) is 9.16. The summed E-state index contributed by atoms with van der Waals surface area (Å²) < 4.78 is 11.8. The molecule has 4 aromatic rings. The van der Waals surface area contributed by atoms with Crippen LogP contribution in [0.5, 0.6) is 0 Å². The maximum atomic E-state index is 12.0. The Kier molecular flexibility index (Phi) is 3.58. The Bertz CT molecular complexity index is 1030. The van der Waals surface area contributed by atoms with E-state index in [9.17, 15) is 4.79 Å². The van der Waals surface area contributed by atoms with Gasteiger partial charge in [0.05, 0.1) is 12.2 Å². The second-order valence-electron chi connectivity index (χ2n) is 5.13. The van der Waals surface area contributed by atoms with Crippen LogP contribution in [-0.4, -0.2) is 19.7 Å². The summed E-state index contributed by atoms with van der Waals surface area (Å²) in [6.45, 7) is 2.14. The van der Waals surface area contributed by atoms with E-state index in [4.69, 9.17) is 8.94 Å². The zero-order valence-corrected chi connectivity index (χ0v) is 13.5. The summed E-state index contributed by atoms with van der Waals surface area (Å²) in [5.41, 5.74) is 1.30. The Hall–Kier alpha value is -3.00. The monoisotopic (exact) mass is 340 g/mol. The third-order valence-electron chi connectivity index (χ3n) is 3.40. The van der Waals surface area contributed by atoms with Crippen LogP contribution in [0.15, 0.2) is 55.6 Å². The average molecular weight is 340 g/mol. The molecule has 0 atom stereocenters. The van der Waals surface area contributed by atoms with E-state index in [1.807, 2.05) is 30.5 Å². The zero-order valence-electron chi connectivity index (χ0n) is 12.7. The zero-order chi connectivity index (χ0) is 16.5. The fourth-order valence-corrected chi connectivity index (χ4v) is 3.06. The molecule has 120 valence electrons. The van der Waals surface area contributed by atoms with Crippen molar-refractivity contribution in [3.05, 3.63) is 63.9 Å². The van der Waals surface area contributed by atoms with Crippen LogP contribution in [0, 0.1) is 6.92 Å². The van der Waals surface area contributed by atoms with Gasteiger partial charge in [0, 0.05) is 11.6 Å². The summed E-state index contributed by atoms with van der Waals surface area (Å²) >= 11 is 1.46. The minimum atomic E-state index is -0.543. The van der Waals surface area contributed by atoms with E-state index >= 15 is 0 Å². The number of aryl methyl sites for hydroxylation is 1. The van der Waals surface area contributed by atoms with Crippen LogP contribution in [0.3, 0.4) is 0 Å². The highest BCUT2D eigenvalue weighted by Gasteiger charge is 2.16. The van der Waals surface area contributed by atoms with E-state index in [1.54, 1.807) is 18.3 Å². The van der Waals surface area contributed by atoms with E-state index in [0.717, 1.165) is 16.5 Å². The van der Waals surface area contributed by atoms with Gasteiger partial charge >= 0.3 is 5.76 Å². The molecule has 7 nitrogen and oxygen atoms in total. The fourth-order valence-electron chi connectivity index (χ4n) is 2.29. The molecule has 4 aromatic heterocycles. The first-order valence-electron chi connectivity index (χ1n) is 7.20. The van der Waals surface area contributed by atoms with Crippen molar-refractivity contribution < 1.29 is 8.94 Å². The highest BCUT2D eigenvalue weighted by molar-refractivity contribution is 7.13. The second kappa shape index (κ2) is 5.89. The Morgan fingerprint density at radius 3 is 2.92 bits per heavy atom. The summed E-state index contributed by atoms with van der Waals surface area (Å²) in [4.78, 5) is 20.7. The van der Waals surface area contributed by atoms with Gasteiger partial charge in [-0.05, 0) is 31.2 Å². The molecular formula is C16H12N4O3S. The first-order valence-corrected chi connectivity index (χ1v) is 8.08. The van der Waals surface area contributed by atoms with E-state index in [1.165, 1.54) is 15.9 Å². The van der Waals surface area contributed by atoms with Crippen LogP contribution in [0.4, 0.5) is 0 Å². The molecule has 8 heteroatoms. The number of pyridine rings is 1. The first-order chi connectivity index (χ1) is 11.7. The van der Waals surface area contributed by atoms with Gasteiger partial charge in [-0.1, -0.05) is 11.2 Å². The number of hydrogen-bond donors (Lipinski definition) is 0. The number of rotatable bonds is 4. The Labute approximate surface area is 140 Å². The third-order valence-corrected chi connectivity index (χ3v) is 4.31. The second-order valence-corrected chi connectivity index (χ2v) is 5.99. The predicted molar refractivity (Wildman–Crippen MR) is 87.6 cm³/mol. The van der Waals surface area contributed by atoms with Gasteiger partial charge < -0.3 is 4.42 Å². The first kappa shape index (κ1) is 14.6. The number of thiazole rings is 1. The van der Waals surface area contributed by atoms with Crippen LogP contribution >= 0.6 is 11.3 Å². The lowest BCUT2D eigenvalue weighted by Gasteiger charge is -2.01. The lowest BCUT2D eigenvalue weighted by Crippen LogP contribution is -2.16. The molecule has 0 aliphatic carbocycles. The molecule has 0 saturated heterocycles. The van der Waals surface area contributed by atoms with Crippen molar-refractivity contribution in [2.24, 2.45) is 0 Å². The summed E-state index contributed by atoms with van der Waals surface area (Å²) in [6.07, 6.45) is 1.64. The van der Waals surface area contributed by atoms with Crippen molar-refractivity contribution in [3.8, 4) is 22.3 Å². The number of nitrogens with zero attached hydrogens (tertiary/aromatic N) is 4. The lowest BCUT2D eigenvalue weighted by atomic mass is 10.3. The molecule has 0 amide bonds. The van der Waals surface area contributed by atoms with E-state index in [2.05, 4.69) is 15.1 Å². The van der Waals surface area contributed by atoms with Crippen molar-refractivity contribution in [3.63, 3.8) is 0 Å². The van der Waals surface area contributed by atoms with E-state index in [-0.39, 0.29) is 6.54 Å². The minimum Gasteiger partial charge on any atom is -0.459 e. The Balaban J connectivity index is 1.66. The topological polar surface area (TPSA) is 87.0 Å². The summed E-state index contributed by atoms with van der Waals surface area (Å²) in [5.74, 6) is 1.38. The molecule has 0 saturated carbocycles. The van der Waals surface area contributed by atoms with Gasteiger partial charge in [-0.25, -0.2) is 14.3 Å². The largest absolute Gasteiger partial charge is 0.459 e. The average Bonchev–Trinajstić information content (AvgIpc) is 3.31. The highest BCUT2D eigenvalue weighted by atomic mass is 32.1. The van der Waals surface area contributed by atoms with Crippen LogP contribution in [-0.2, 0) is 6.54 Å². The van der Waals surface area contributed by atoms with Gasteiger partial charge in [0.25, 0.3) is 0 Å². The minimum absolute atomic E-state index is 0.254. The Morgan fingerprint density at radius 1 is 1.25 bits per heavy atom. The maximum absolute atomic E-state index is 12.0. The Morgan fingerprint density at radius 2 is 2.17 bits per heavy atom. The smallest absolute Gasteiger partial charge is 0.442 e. The van der Waals surface area contributed by atoms with Crippen LogP contribution in [0.2, 0.25) is 0 Å². The van der Waals surface area contributed by atoms with Crippen LogP contribution in [0.1, 0.15) is 11.5 Å². The molecule has 0 radical (unpaired) electrons. The van der Waals surface area contributed by atoms with Gasteiger partial charge in [-0.15, -0.1) is 11.3 Å².